The molecule has 1 aliphatic rings. The zero-order valence-corrected chi connectivity index (χ0v) is 17.1. The molecule has 0 bridgehead atoms. The third-order valence-electron chi connectivity index (χ3n) is 5.54. The lowest BCUT2D eigenvalue weighted by Gasteiger charge is -2.38. The minimum Gasteiger partial charge on any atom is -0.388 e. The lowest BCUT2D eigenvalue weighted by molar-refractivity contribution is -0.0552. The van der Waals surface area contributed by atoms with Gasteiger partial charge in [-0.15, -0.1) is 0 Å². The number of aryl methyl sites for hydroxylation is 1. The van der Waals surface area contributed by atoms with Crippen molar-refractivity contribution in [3.63, 3.8) is 0 Å². The second-order valence-electron chi connectivity index (χ2n) is 7.81. The molecule has 0 aliphatic heterocycles. The molecule has 4 rings (SSSR count). The van der Waals surface area contributed by atoms with Crippen molar-refractivity contribution in [3.05, 3.63) is 42.2 Å². The normalized spacial score (nSPS) is 24.0. The number of hydrogen-bond acceptors (Lipinski definition) is 8. The number of aliphatic hydroxyl groups is 2. The van der Waals surface area contributed by atoms with Crippen LogP contribution in [0.1, 0.15) is 34.9 Å². The van der Waals surface area contributed by atoms with Crippen molar-refractivity contribution in [2.75, 3.05) is 19.0 Å². The molecule has 1 aliphatic carbocycles. The number of fused-ring (bicyclic) bond motifs is 1. The summed E-state index contributed by atoms with van der Waals surface area (Å²) in [5, 5.41) is 24.3. The zero-order chi connectivity index (χ0) is 21.4. The van der Waals surface area contributed by atoms with Crippen molar-refractivity contribution in [3.8, 4) is 0 Å². The lowest BCUT2D eigenvalue weighted by atomic mass is 9.85. The number of nitrogens with zero attached hydrogens (tertiary/aromatic N) is 6. The Hall–Kier alpha value is -3.11. The number of aromatic nitrogens is 5. The fourth-order valence-corrected chi connectivity index (χ4v) is 3.88. The van der Waals surface area contributed by atoms with Crippen molar-refractivity contribution in [1.82, 2.24) is 29.8 Å². The van der Waals surface area contributed by atoms with Gasteiger partial charge in [0.25, 0.3) is 5.91 Å². The molecule has 158 valence electrons. The Balaban J connectivity index is 1.52. The van der Waals surface area contributed by atoms with Gasteiger partial charge in [0.05, 0.1) is 24.0 Å². The summed E-state index contributed by atoms with van der Waals surface area (Å²) < 4.78 is 1.78. The third kappa shape index (κ3) is 3.59. The summed E-state index contributed by atoms with van der Waals surface area (Å²) >= 11 is 0. The average Bonchev–Trinajstić information content (AvgIpc) is 3.16. The topological polar surface area (TPSA) is 129 Å². The summed E-state index contributed by atoms with van der Waals surface area (Å²) in [6.45, 7) is 1.84. The molecule has 0 saturated heterocycles. The zero-order valence-electron chi connectivity index (χ0n) is 17.1. The molecule has 0 unspecified atom stereocenters. The number of hydrogen-bond donors (Lipinski definition) is 3. The number of rotatable bonds is 4. The van der Waals surface area contributed by atoms with Gasteiger partial charge in [-0.1, -0.05) is 0 Å². The summed E-state index contributed by atoms with van der Waals surface area (Å²) in [4.78, 5) is 31.4. The van der Waals surface area contributed by atoms with Gasteiger partial charge in [-0.3, -0.25) is 9.78 Å². The van der Waals surface area contributed by atoms with Crippen molar-refractivity contribution in [2.45, 2.75) is 44.1 Å². The molecule has 30 heavy (non-hydrogen) atoms. The molecule has 3 heterocycles. The van der Waals surface area contributed by atoms with E-state index < -0.39 is 24.3 Å². The van der Waals surface area contributed by atoms with Crippen LogP contribution in [-0.2, 0) is 0 Å². The maximum Gasteiger partial charge on any atom is 0.253 e. The quantitative estimate of drug-likeness (QED) is 0.564. The van der Waals surface area contributed by atoms with Crippen molar-refractivity contribution in [2.24, 2.45) is 0 Å². The van der Waals surface area contributed by atoms with Gasteiger partial charge < -0.3 is 25.0 Å². The Labute approximate surface area is 173 Å². The molecule has 1 saturated carbocycles. The van der Waals surface area contributed by atoms with E-state index in [1.807, 2.05) is 25.9 Å². The Bertz CT molecular complexity index is 1050. The molecule has 0 radical (unpaired) electrons. The molecule has 0 spiro atoms. The van der Waals surface area contributed by atoms with Gasteiger partial charge in [-0.05, 0) is 31.9 Å². The van der Waals surface area contributed by atoms with Crippen LogP contribution in [-0.4, -0.2) is 73.0 Å². The second-order valence-corrected chi connectivity index (χ2v) is 7.81. The molecule has 0 aromatic carbocycles. The van der Waals surface area contributed by atoms with Crippen LogP contribution in [0.3, 0.4) is 0 Å². The fourth-order valence-electron chi connectivity index (χ4n) is 3.88. The van der Waals surface area contributed by atoms with E-state index in [2.05, 4.69) is 25.3 Å². The first kappa shape index (κ1) is 20.2. The first-order valence-corrected chi connectivity index (χ1v) is 9.81. The third-order valence-corrected chi connectivity index (χ3v) is 5.54. The highest BCUT2D eigenvalue weighted by atomic mass is 16.3. The number of amides is 1. The van der Waals surface area contributed by atoms with Gasteiger partial charge in [0.1, 0.15) is 18.5 Å². The summed E-state index contributed by atoms with van der Waals surface area (Å²) in [5.74, 6) is 0.357. The fraction of sp³-hybridized carbons (Fsp3) is 0.450. The number of aliphatic hydroxyl groups excluding tert-OH is 2. The van der Waals surface area contributed by atoms with E-state index in [1.54, 1.807) is 23.0 Å². The monoisotopic (exact) mass is 411 g/mol. The summed E-state index contributed by atoms with van der Waals surface area (Å²) in [6, 6.07) is 2.47. The van der Waals surface area contributed by atoms with E-state index in [9.17, 15) is 15.0 Å². The molecule has 1 fully saturated rings. The molecular weight excluding hydrogens is 386 g/mol. The molecule has 3 aromatic rings. The SMILES string of the molecule is Cc1ccc(C(=O)N[C@@H]2CC[C@@H](n3cnc4c(N(C)C)ncnc43)[C@@H](O)[C@@H]2O)cn1. The minimum absolute atomic E-state index is 0.325. The molecule has 3 N–H and O–H groups in total. The highest BCUT2D eigenvalue weighted by Gasteiger charge is 2.39. The van der Waals surface area contributed by atoms with E-state index in [1.165, 1.54) is 12.5 Å². The summed E-state index contributed by atoms with van der Waals surface area (Å²) in [7, 11) is 3.74. The number of pyridine rings is 1. The van der Waals surface area contributed by atoms with Crippen LogP contribution in [0, 0.1) is 6.92 Å². The maximum atomic E-state index is 12.5. The molecule has 10 heteroatoms. The van der Waals surface area contributed by atoms with Gasteiger partial charge in [0.2, 0.25) is 0 Å². The Morgan fingerprint density at radius 3 is 2.63 bits per heavy atom. The van der Waals surface area contributed by atoms with Crippen LogP contribution in [0.15, 0.2) is 31.0 Å². The highest BCUT2D eigenvalue weighted by Crippen LogP contribution is 2.32. The average molecular weight is 411 g/mol. The summed E-state index contributed by atoms with van der Waals surface area (Å²) in [5.41, 5.74) is 2.46. The smallest absolute Gasteiger partial charge is 0.253 e. The minimum atomic E-state index is -1.13. The standard InChI is InChI=1S/C20H25N7O3/c1-11-4-5-12(8-21-11)20(30)25-13-6-7-14(17(29)16(13)28)27-10-24-15-18(26(2)3)22-9-23-19(15)27/h4-5,8-10,13-14,16-17,28-29H,6-7H2,1-3H3,(H,25,30)/t13-,14-,16-,17-/m1/s1. The van der Waals surface area contributed by atoms with Crippen LogP contribution < -0.4 is 10.2 Å². The van der Waals surface area contributed by atoms with Crippen molar-refractivity contribution < 1.29 is 15.0 Å². The van der Waals surface area contributed by atoms with E-state index in [4.69, 9.17) is 0 Å². The van der Waals surface area contributed by atoms with Crippen molar-refractivity contribution >= 4 is 22.9 Å². The van der Waals surface area contributed by atoms with E-state index in [0.717, 1.165) is 5.69 Å². The Kier molecular flexibility index (Phi) is 5.35. The van der Waals surface area contributed by atoms with Crippen LogP contribution in [0.4, 0.5) is 5.82 Å². The molecule has 3 aromatic heterocycles. The van der Waals surface area contributed by atoms with Gasteiger partial charge >= 0.3 is 0 Å². The predicted molar refractivity (Wildman–Crippen MR) is 110 cm³/mol. The largest absolute Gasteiger partial charge is 0.388 e. The van der Waals surface area contributed by atoms with E-state index in [0.29, 0.717) is 35.4 Å². The maximum absolute atomic E-state index is 12.5. The molecule has 4 atom stereocenters. The van der Waals surface area contributed by atoms with Crippen LogP contribution >= 0.6 is 0 Å². The number of nitrogens with one attached hydrogen (secondary N) is 1. The van der Waals surface area contributed by atoms with E-state index >= 15 is 0 Å². The van der Waals surface area contributed by atoms with Gasteiger partial charge in [-0.25, -0.2) is 15.0 Å². The second kappa shape index (κ2) is 7.96. The van der Waals surface area contributed by atoms with E-state index in [-0.39, 0.29) is 5.91 Å². The molecular formula is C20H25N7O3. The number of imidazole rings is 1. The summed E-state index contributed by atoms with van der Waals surface area (Å²) in [6.07, 6.45) is 3.40. The Morgan fingerprint density at radius 1 is 1.13 bits per heavy atom. The molecule has 1 amide bonds. The van der Waals surface area contributed by atoms with Crippen molar-refractivity contribution in [1.29, 1.82) is 0 Å². The first-order valence-electron chi connectivity index (χ1n) is 9.81. The highest BCUT2D eigenvalue weighted by molar-refractivity contribution is 5.94. The number of anilines is 1. The molecule has 10 nitrogen and oxygen atoms in total. The van der Waals surface area contributed by atoms with Crippen LogP contribution in [0.2, 0.25) is 0 Å². The van der Waals surface area contributed by atoms with Crippen LogP contribution in [0.25, 0.3) is 11.2 Å². The first-order chi connectivity index (χ1) is 14.4. The Morgan fingerprint density at radius 2 is 1.93 bits per heavy atom. The lowest BCUT2D eigenvalue weighted by Crippen LogP contribution is -2.54. The number of carbonyl (C=O) groups excluding carboxylic acids is 1. The number of carbonyl (C=O) groups is 1. The van der Waals surface area contributed by atoms with Crippen LogP contribution in [0.5, 0.6) is 0 Å². The van der Waals surface area contributed by atoms with Gasteiger partial charge in [-0.2, -0.15) is 0 Å². The predicted octanol–water partition coefficient (Wildman–Crippen LogP) is 0.451. The van der Waals surface area contributed by atoms with Gasteiger partial charge in [0.15, 0.2) is 17.0 Å². The van der Waals surface area contributed by atoms with Gasteiger partial charge in [0, 0.05) is 26.0 Å².